The molecule has 0 aliphatic carbocycles. The van der Waals surface area contributed by atoms with Crippen molar-refractivity contribution in [3.05, 3.63) is 12.2 Å². The monoisotopic (exact) mass is 467 g/mol. The molecule has 0 fully saturated rings. The summed E-state index contributed by atoms with van der Waals surface area (Å²) < 4.78 is 0. The lowest BCUT2D eigenvalue weighted by Gasteiger charge is -2.14. The Labute approximate surface area is 199 Å². The summed E-state index contributed by atoms with van der Waals surface area (Å²) in [5.41, 5.74) is 0. The van der Waals surface area contributed by atoms with Crippen LogP contribution in [0.4, 0.5) is 0 Å². The van der Waals surface area contributed by atoms with Crippen molar-refractivity contribution in [2.75, 3.05) is 0 Å². The van der Waals surface area contributed by atoms with E-state index in [4.69, 9.17) is 5.11 Å². The largest absolute Gasteiger partial charge is 0.481 e. The third-order valence-corrected chi connectivity index (χ3v) is 5.67. The van der Waals surface area contributed by atoms with E-state index in [1.165, 1.54) is 32.1 Å². The number of carboxylic acid groups (broad SMARTS) is 2. The van der Waals surface area contributed by atoms with Gasteiger partial charge in [0.15, 0.2) is 0 Å². The lowest BCUT2D eigenvalue weighted by Crippen LogP contribution is -2.41. The minimum Gasteiger partial charge on any atom is -0.481 e. The number of unbranched alkanes of at least 4 members (excludes halogenated alkanes) is 10. The minimum absolute atomic E-state index is 0.0117. The van der Waals surface area contributed by atoms with Crippen LogP contribution in [0.3, 0.4) is 0 Å². The Hall–Kier alpha value is -2.18. The van der Waals surface area contributed by atoms with Crippen molar-refractivity contribution < 1.29 is 29.4 Å². The molecule has 0 aromatic heterocycles. The molecule has 1 atom stereocenters. The highest BCUT2D eigenvalue weighted by atomic mass is 16.4. The molecule has 0 unspecified atom stereocenters. The zero-order chi connectivity index (χ0) is 24.9. The van der Waals surface area contributed by atoms with Crippen LogP contribution in [0.15, 0.2) is 12.2 Å². The molecule has 0 saturated carbocycles. The first kappa shape index (κ1) is 30.8. The summed E-state index contributed by atoms with van der Waals surface area (Å²) in [7, 11) is 0. The fourth-order valence-corrected chi connectivity index (χ4v) is 3.50. The number of rotatable bonds is 22. The van der Waals surface area contributed by atoms with E-state index in [-0.39, 0.29) is 36.9 Å². The van der Waals surface area contributed by atoms with Crippen LogP contribution in [-0.4, -0.2) is 39.9 Å². The molecule has 7 heteroatoms. The molecule has 0 saturated heterocycles. The van der Waals surface area contributed by atoms with E-state index in [1.54, 1.807) is 13.8 Å². The number of ketones is 1. The van der Waals surface area contributed by atoms with Gasteiger partial charge >= 0.3 is 11.9 Å². The molecule has 1 amide bonds. The van der Waals surface area contributed by atoms with Crippen LogP contribution in [-0.2, 0) is 19.2 Å². The zero-order valence-electron chi connectivity index (χ0n) is 20.7. The molecule has 0 aromatic rings. The fourth-order valence-electron chi connectivity index (χ4n) is 3.50. The first-order chi connectivity index (χ1) is 15.7. The highest BCUT2D eigenvalue weighted by Gasteiger charge is 2.21. The molecule has 0 spiro atoms. The predicted molar refractivity (Wildman–Crippen MR) is 130 cm³/mol. The Balaban J connectivity index is 3.59. The van der Waals surface area contributed by atoms with Crippen molar-refractivity contribution in [1.29, 1.82) is 0 Å². The topological polar surface area (TPSA) is 121 Å². The molecule has 0 aromatic carbocycles. The van der Waals surface area contributed by atoms with Gasteiger partial charge in [0.25, 0.3) is 0 Å². The summed E-state index contributed by atoms with van der Waals surface area (Å²) in [5.74, 6) is -2.21. The van der Waals surface area contributed by atoms with Gasteiger partial charge in [0.1, 0.15) is 11.8 Å². The van der Waals surface area contributed by atoms with Crippen LogP contribution in [0.25, 0.3) is 0 Å². The molecule has 0 radical (unpaired) electrons. The number of hydrogen-bond acceptors (Lipinski definition) is 4. The molecule has 0 bridgehead atoms. The van der Waals surface area contributed by atoms with Crippen LogP contribution in [0.5, 0.6) is 0 Å². The third-order valence-electron chi connectivity index (χ3n) is 5.67. The van der Waals surface area contributed by atoms with Crippen molar-refractivity contribution >= 4 is 23.6 Å². The van der Waals surface area contributed by atoms with Gasteiger partial charge in [-0.2, -0.15) is 0 Å². The maximum Gasteiger partial charge on any atom is 0.326 e. The normalized spacial score (nSPS) is 12.2. The number of carboxylic acids is 2. The third kappa shape index (κ3) is 20.2. The summed E-state index contributed by atoms with van der Waals surface area (Å²) in [5, 5.41) is 20.3. The van der Waals surface area contributed by atoms with E-state index in [0.717, 1.165) is 38.5 Å². The molecule has 0 aliphatic rings. The van der Waals surface area contributed by atoms with Crippen molar-refractivity contribution in [2.24, 2.45) is 5.92 Å². The number of amides is 1. The van der Waals surface area contributed by atoms with Gasteiger partial charge in [-0.15, -0.1) is 0 Å². The van der Waals surface area contributed by atoms with Gasteiger partial charge in [-0.1, -0.05) is 77.4 Å². The smallest absolute Gasteiger partial charge is 0.326 e. The maximum absolute atomic E-state index is 12.0. The number of Topliss-reactive ketones (excluding diaryl/α,β-unsaturated/α-hetero) is 1. The van der Waals surface area contributed by atoms with Crippen LogP contribution < -0.4 is 5.32 Å². The van der Waals surface area contributed by atoms with Gasteiger partial charge in [-0.25, -0.2) is 4.79 Å². The van der Waals surface area contributed by atoms with Crippen molar-refractivity contribution in [2.45, 2.75) is 123 Å². The van der Waals surface area contributed by atoms with Gasteiger partial charge in [-0.3, -0.25) is 14.4 Å². The summed E-state index contributed by atoms with van der Waals surface area (Å²) in [6.07, 6.45) is 17.7. The Kier molecular flexibility index (Phi) is 19.1. The average Bonchev–Trinajstić information content (AvgIpc) is 2.75. The number of carbonyl (C=O) groups is 4. The Bertz CT molecular complexity index is 600. The highest BCUT2D eigenvalue weighted by molar-refractivity contribution is 5.85. The van der Waals surface area contributed by atoms with E-state index in [0.29, 0.717) is 12.8 Å². The van der Waals surface area contributed by atoms with E-state index in [9.17, 15) is 24.3 Å². The molecular formula is C26H45NO6. The fraction of sp³-hybridized carbons (Fsp3) is 0.769. The van der Waals surface area contributed by atoms with E-state index in [2.05, 4.69) is 11.4 Å². The first-order valence-corrected chi connectivity index (χ1v) is 12.7. The lowest BCUT2D eigenvalue weighted by atomic mass is 10.0. The second-order valence-electron chi connectivity index (χ2n) is 9.10. The number of nitrogens with one attached hydrogen (secondary N) is 1. The molecule has 0 heterocycles. The van der Waals surface area contributed by atoms with Crippen molar-refractivity contribution in [3.8, 4) is 0 Å². The second kappa shape index (κ2) is 20.4. The van der Waals surface area contributed by atoms with Crippen LogP contribution in [0, 0.1) is 5.92 Å². The molecular weight excluding hydrogens is 422 g/mol. The number of hydrogen-bond donors (Lipinski definition) is 3. The second-order valence-corrected chi connectivity index (χ2v) is 9.10. The number of allylic oxidation sites excluding steroid dienone is 2. The van der Waals surface area contributed by atoms with Gasteiger partial charge in [-0.05, 0) is 32.1 Å². The molecule has 7 nitrogen and oxygen atoms in total. The lowest BCUT2D eigenvalue weighted by molar-refractivity contribution is -0.142. The summed E-state index contributed by atoms with van der Waals surface area (Å²) in [6.45, 7) is 3.57. The SMILES string of the molecule is CC(C)C(=O)CC[C@H](NC(=O)CCCCCCCCCCCC/C=C/CCC(=O)O)C(=O)O. The van der Waals surface area contributed by atoms with Gasteiger partial charge in [0.2, 0.25) is 5.91 Å². The van der Waals surface area contributed by atoms with Gasteiger partial charge in [0, 0.05) is 25.2 Å². The Morgan fingerprint density at radius 1 is 0.697 bits per heavy atom. The quantitative estimate of drug-likeness (QED) is 0.139. The van der Waals surface area contributed by atoms with Gasteiger partial charge < -0.3 is 15.5 Å². The molecule has 3 N–H and O–H groups in total. The van der Waals surface area contributed by atoms with E-state index >= 15 is 0 Å². The zero-order valence-corrected chi connectivity index (χ0v) is 20.7. The van der Waals surface area contributed by atoms with Gasteiger partial charge in [0.05, 0.1) is 0 Å². The number of carbonyl (C=O) groups excluding carboxylic acids is 2. The molecule has 33 heavy (non-hydrogen) atoms. The predicted octanol–water partition coefficient (Wildman–Crippen LogP) is 5.66. The van der Waals surface area contributed by atoms with Crippen molar-refractivity contribution in [1.82, 2.24) is 5.32 Å². The maximum atomic E-state index is 12.0. The average molecular weight is 468 g/mol. The van der Waals surface area contributed by atoms with Crippen molar-refractivity contribution in [3.63, 3.8) is 0 Å². The van der Waals surface area contributed by atoms with Crippen LogP contribution in [0.1, 0.15) is 117 Å². The Morgan fingerprint density at radius 3 is 1.73 bits per heavy atom. The minimum atomic E-state index is -1.09. The van der Waals surface area contributed by atoms with E-state index in [1.807, 2.05) is 6.08 Å². The summed E-state index contributed by atoms with van der Waals surface area (Å²) in [4.78, 5) is 45.4. The summed E-state index contributed by atoms with van der Waals surface area (Å²) >= 11 is 0. The molecule has 190 valence electrons. The highest BCUT2D eigenvalue weighted by Crippen LogP contribution is 2.12. The Morgan fingerprint density at radius 2 is 1.21 bits per heavy atom. The van der Waals surface area contributed by atoms with Crippen LogP contribution in [0.2, 0.25) is 0 Å². The molecule has 0 aliphatic heterocycles. The van der Waals surface area contributed by atoms with Crippen LogP contribution >= 0.6 is 0 Å². The molecule has 0 rings (SSSR count). The number of aliphatic carboxylic acids is 2. The first-order valence-electron chi connectivity index (χ1n) is 12.7. The summed E-state index contributed by atoms with van der Waals surface area (Å²) in [6, 6.07) is -0.992. The van der Waals surface area contributed by atoms with E-state index < -0.39 is 18.0 Å². The standard InChI is InChI=1S/C26H45NO6/c1-21(2)23(28)20-19-22(26(32)33)27-24(29)17-15-13-11-9-7-5-3-4-6-8-10-12-14-16-18-25(30)31/h12,14,21-22H,3-11,13,15-20H2,1-2H3,(H,27,29)(H,30,31)(H,32,33)/b14-12+/t22-/m0/s1.